The van der Waals surface area contributed by atoms with Gasteiger partial charge in [-0.05, 0) is 31.0 Å². The maximum absolute atomic E-state index is 12.3. The van der Waals surface area contributed by atoms with Crippen LogP contribution in [0.25, 0.3) is 10.9 Å². The lowest BCUT2D eigenvalue weighted by Crippen LogP contribution is -2.26. The van der Waals surface area contributed by atoms with Gasteiger partial charge < -0.3 is 20.4 Å². The zero-order valence-corrected chi connectivity index (χ0v) is 14.1. The first-order valence-corrected chi connectivity index (χ1v) is 7.76. The number of hydrogen-bond donors (Lipinski definition) is 3. The molecule has 0 radical (unpaired) electrons. The second kappa shape index (κ2) is 7.37. The second-order valence-electron chi connectivity index (χ2n) is 5.10. The highest BCUT2D eigenvalue weighted by atomic mass is 35.5. The molecule has 23 heavy (non-hydrogen) atoms. The number of aromatic amines is 1. The molecule has 1 aromatic carbocycles. The summed E-state index contributed by atoms with van der Waals surface area (Å²) >= 11 is 6.15. The summed E-state index contributed by atoms with van der Waals surface area (Å²) in [6.45, 7) is 4.29. The molecular weight excluding hydrogens is 318 g/mol. The van der Waals surface area contributed by atoms with Gasteiger partial charge in [-0.1, -0.05) is 11.6 Å². The second-order valence-corrected chi connectivity index (χ2v) is 5.51. The van der Waals surface area contributed by atoms with Gasteiger partial charge >= 0.3 is 0 Å². The van der Waals surface area contributed by atoms with Crippen molar-refractivity contribution in [2.45, 2.75) is 20.3 Å². The lowest BCUT2D eigenvalue weighted by Gasteiger charge is -2.07. The van der Waals surface area contributed by atoms with Crippen molar-refractivity contribution in [3.63, 3.8) is 0 Å². The maximum Gasteiger partial charge on any atom is 0.268 e. The summed E-state index contributed by atoms with van der Waals surface area (Å²) in [5.74, 6) is 0.253. The number of hydrogen-bond acceptors (Lipinski definition) is 3. The third-order valence-electron chi connectivity index (χ3n) is 3.49. The van der Waals surface area contributed by atoms with Crippen molar-refractivity contribution in [1.82, 2.24) is 15.6 Å². The number of nitrogens with one attached hydrogen (secondary N) is 3. The Kier molecular flexibility index (Phi) is 5.50. The van der Waals surface area contributed by atoms with Gasteiger partial charge in [-0.2, -0.15) is 0 Å². The monoisotopic (exact) mass is 337 g/mol. The quantitative estimate of drug-likeness (QED) is 0.756. The smallest absolute Gasteiger partial charge is 0.268 e. The SMILES string of the molecule is CCNC(=O)c1[nH]c2cc(Cl)c(OC)cc2c1CCNC(C)=O. The summed E-state index contributed by atoms with van der Waals surface area (Å²) in [5.41, 5.74) is 2.07. The van der Waals surface area contributed by atoms with Crippen LogP contribution in [0.3, 0.4) is 0 Å². The maximum atomic E-state index is 12.3. The minimum absolute atomic E-state index is 0.106. The first kappa shape index (κ1) is 17.1. The fraction of sp³-hybridized carbons (Fsp3) is 0.375. The third-order valence-corrected chi connectivity index (χ3v) is 3.79. The third kappa shape index (κ3) is 3.76. The molecule has 0 aliphatic carbocycles. The molecule has 2 aromatic rings. The first-order valence-electron chi connectivity index (χ1n) is 7.38. The largest absolute Gasteiger partial charge is 0.495 e. The number of carbonyl (C=O) groups is 2. The summed E-state index contributed by atoms with van der Waals surface area (Å²) in [5, 5.41) is 6.86. The molecule has 1 heterocycles. The average molecular weight is 338 g/mol. The molecule has 0 aliphatic heterocycles. The number of aromatic nitrogens is 1. The number of methoxy groups -OCH3 is 1. The van der Waals surface area contributed by atoms with Crippen molar-refractivity contribution in [3.8, 4) is 5.75 Å². The molecule has 0 saturated heterocycles. The van der Waals surface area contributed by atoms with E-state index in [0.29, 0.717) is 36.0 Å². The van der Waals surface area contributed by atoms with Crippen LogP contribution in [0.5, 0.6) is 5.75 Å². The van der Waals surface area contributed by atoms with Gasteiger partial charge in [-0.15, -0.1) is 0 Å². The van der Waals surface area contributed by atoms with Crippen molar-refractivity contribution in [2.75, 3.05) is 20.2 Å². The Morgan fingerprint density at radius 1 is 1.30 bits per heavy atom. The van der Waals surface area contributed by atoms with Crippen molar-refractivity contribution in [2.24, 2.45) is 0 Å². The molecule has 2 rings (SSSR count). The van der Waals surface area contributed by atoms with Crippen molar-refractivity contribution < 1.29 is 14.3 Å². The summed E-state index contributed by atoms with van der Waals surface area (Å²) < 4.78 is 5.25. The highest BCUT2D eigenvalue weighted by Crippen LogP contribution is 2.33. The van der Waals surface area contributed by atoms with Gasteiger partial charge in [0.1, 0.15) is 11.4 Å². The van der Waals surface area contributed by atoms with E-state index in [1.165, 1.54) is 6.92 Å². The summed E-state index contributed by atoms with van der Waals surface area (Å²) in [4.78, 5) is 26.5. The van der Waals surface area contributed by atoms with Gasteiger partial charge in [0, 0.05) is 30.9 Å². The number of amides is 2. The summed E-state index contributed by atoms with van der Waals surface area (Å²) in [6.07, 6.45) is 0.525. The zero-order chi connectivity index (χ0) is 17.0. The number of H-pyrrole nitrogens is 1. The lowest BCUT2D eigenvalue weighted by atomic mass is 10.1. The molecule has 3 N–H and O–H groups in total. The van der Waals surface area contributed by atoms with Gasteiger partial charge in [0.15, 0.2) is 0 Å². The Bertz CT molecular complexity index is 740. The predicted octanol–water partition coefficient (Wildman–Crippen LogP) is 2.26. The van der Waals surface area contributed by atoms with Crippen LogP contribution in [0.1, 0.15) is 29.9 Å². The molecule has 2 amide bonds. The standard InChI is InChI=1S/C16H20ClN3O3/c1-4-18-16(22)15-10(5-6-19-9(2)21)11-7-14(23-3)12(17)8-13(11)20-15/h7-8,20H,4-6H2,1-3H3,(H,18,22)(H,19,21). The molecule has 0 unspecified atom stereocenters. The Morgan fingerprint density at radius 3 is 2.65 bits per heavy atom. The molecule has 1 aromatic heterocycles. The molecule has 0 aliphatic rings. The fourth-order valence-electron chi connectivity index (χ4n) is 2.47. The van der Waals surface area contributed by atoms with Crippen LogP contribution in [0.15, 0.2) is 12.1 Å². The highest BCUT2D eigenvalue weighted by molar-refractivity contribution is 6.32. The van der Waals surface area contributed by atoms with Crippen LogP contribution >= 0.6 is 11.6 Å². The fourth-order valence-corrected chi connectivity index (χ4v) is 2.71. The summed E-state index contributed by atoms with van der Waals surface area (Å²) in [6, 6.07) is 3.54. The van der Waals surface area contributed by atoms with E-state index < -0.39 is 0 Å². The highest BCUT2D eigenvalue weighted by Gasteiger charge is 2.19. The van der Waals surface area contributed by atoms with Crippen LogP contribution in [-0.2, 0) is 11.2 Å². The Morgan fingerprint density at radius 2 is 2.04 bits per heavy atom. The topological polar surface area (TPSA) is 83.2 Å². The normalized spacial score (nSPS) is 10.6. The van der Waals surface area contributed by atoms with Crippen molar-refractivity contribution in [1.29, 1.82) is 0 Å². The number of halogens is 1. The minimum atomic E-state index is -0.184. The van der Waals surface area contributed by atoms with Gasteiger partial charge in [0.25, 0.3) is 5.91 Å². The molecule has 0 atom stereocenters. The van der Waals surface area contributed by atoms with E-state index in [4.69, 9.17) is 16.3 Å². The van der Waals surface area contributed by atoms with E-state index in [9.17, 15) is 9.59 Å². The van der Waals surface area contributed by atoms with Crippen LogP contribution < -0.4 is 15.4 Å². The number of carbonyl (C=O) groups excluding carboxylic acids is 2. The van der Waals surface area contributed by atoms with Gasteiger partial charge in [-0.25, -0.2) is 0 Å². The molecule has 0 fully saturated rings. The summed E-state index contributed by atoms with van der Waals surface area (Å²) in [7, 11) is 1.54. The van der Waals surface area contributed by atoms with Crippen molar-refractivity contribution >= 4 is 34.3 Å². The Balaban J connectivity index is 2.49. The molecule has 0 spiro atoms. The zero-order valence-electron chi connectivity index (χ0n) is 13.4. The molecule has 0 saturated carbocycles. The van der Waals surface area contributed by atoms with Gasteiger partial charge in [-0.3, -0.25) is 9.59 Å². The number of benzene rings is 1. The lowest BCUT2D eigenvalue weighted by molar-refractivity contribution is -0.118. The van der Waals surface area contributed by atoms with Crippen molar-refractivity contribution in [3.05, 3.63) is 28.4 Å². The molecule has 7 heteroatoms. The number of ether oxygens (including phenoxy) is 1. The number of rotatable bonds is 6. The minimum Gasteiger partial charge on any atom is -0.495 e. The van der Waals surface area contributed by atoms with E-state index >= 15 is 0 Å². The average Bonchev–Trinajstić information content (AvgIpc) is 2.84. The van der Waals surface area contributed by atoms with Crippen LogP contribution in [0.4, 0.5) is 0 Å². The van der Waals surface area contributed by atoms with E-state index in [1.54, 1.807) is 19.2 Å². The van der Waals surface area contributed by atoms with E-state index in [0.717, 1.165) is 16.5 Å². The Hall–Kier alpha value is -2.21. The van der Waals surface area contributed by atoms with Crippen LogP contribution in [0.2, 0.25) is 5.02 Å². The number of fused-ring (bicyclic) bond motifs is 1. The Labute approximate surface area is 139 Å². The molecular formula is C16H20ClN3O3. The van der Waals surface area contributed by atoms with Crippen LogP contribution in [0, 0.1) is 0 Å². The van der Waals surface area contributed by atoms with Crippen LogP contribution in [-0.4, -0.2) is 37.0 Å². The van der Waals surface area contributed by atoms with E-state index in [1.807, 2.05) is 6.92 Å². The van der Waals surface area contributed by atoms with E-state index in [2.05, 4.69) is 15.6 Å². The van der Waals surface area contributed by atoms with Gasteiger partial charge in [0.05, 0.1) is 12.1 Å². The molecule has 6 nitrogen and oxygen atoms in total. The first-order chi connectivity index (χ1) is 11.0. The van der Waals surface area contributed by atoms with Gasteiger partial charge in [0.2, 0.25) is 5.91 Å². The van der Waals surface area contributed by atoms with E-state index in [-0.39, 0.29) is 11.8 Å². The molecule has 124 valence electrons. The predicted molar refractivity (Wildman–Crippen MR) is 90.3 cm³/mol. The molecule has 0 bridgehead atoms.